The third-order valence-electron chi connectivity index (χ3n) is 2.17. The van der Waals surface area contributed by atoms with Crippen LogP contribution in [0.5, 0.6) is 0 Å². The van der Waals surface area contributed by atoms with Gasteiger partial charge in [-0.2, -0.15) is 4.98 Å². The van der Waals surface area contributed by atoms with Crippen LogP contribution in [0.15, 0.2) is 27.2 Å². The number of nitrogens with one attached hydrogen (secondary N) is 1. The van der Waals surface area contributed by atoms with Gasteiger partial charge in [0.15, 0.2) is 5.82 Å². The quantitative estimate of drug-likeness (QED) is 0.939. The molecule has 1 N–H and O–H groups in total. The first kappa shape index (κ1) is 13.0. The number of carbonyl (C=O) groups is 1. The van der Waals surface area contributed by atoms with Crippen molar-refractivity contribution in [2.45, 2.75) is 13.5 Å². The van der Waals surface area contributed by atoms with Crippen LogP contribution in [0, 0.1) is 6.92 Å². The maximum Gasteiger partial charge on any atom is 0.253 e. The molecule has 5 nitrogen and oxygen atoms in total. The van der Waals surface area contributed by atoms with E-state index in [1.807, 2.05) is 0 Å². The lowest BCUT2D eigenvalue weighted by Gasteiger charge is -2.05. The number of benzene rings is 1. The van der Waals surface area contributed by atoms with E-state index >= 15 is 0 Å². The van der Waals surface area contributed by atoms with Crippen LogP contribution in [0.4, 0.5) is 0 Å². The van der Waals surface area contributed by atoms with Gasteiger partial charge in [0, 0.05) is 11.4 Å². The van der Waals surface area contributed by atoms with Crippen molar-refractivity contribution in [3.8, 4) is 0 Å². The second-order valence-corrected chi connectivity index (χ2v) is 4.75. The number of amides is 1. The number of halogens is 2. The van der Waals surface area contributed by atoms with Crippen molar-refractivity contribution in [3.63, 3.8) is 0 Å². The highest BCUT2D eigenvalue weighted by Gasteiger charge is 2.13. The summed E-state index contributed by atoms with van der Waals surface area (Å²) in [6.07, 6.45) is 0. The lowest BCUT2D eigenvalue weighted by molar-refractivity contribution is 0.0949. The number of carbonyl (C=O) groups excluding carboxylic acids is 1. The predicted molar refractivity (Wildman–Crippen MR) is 69.4 cm³/mol. The zero-order valence-electron chi connectivity index (χ0n) is 9.41. The molecule has 1 aromatic heterocycles. The summed E-state index contributed by atoms with van der Waals surface area (Å²) in [5.74, 6) is 0.593. The average Bonchev–Trinajstić information content (AvgIpc) is 2.76. The molecule has 0 saturated carbocycles. The van der Waals surface area contributed by atoms with Crippen LogP contribution in [-0.4, -0.2) is 16.0 Å². The van der Waals surface area contributed by atoms with Crippen molar-refractivity contribution in [2.24, 2.45) is 0 Å². The SMILES string of the molecule is Cc1nc(CNC(=O)c2cccc(Br)c2Cl)no1. The van der Waals surface area contributed by atoms with E-state index in [1.165, 1.54) is 0 Å². The van der Waals surface area contributed by atoms with Gasteiger partial charge >= 0.3 is 0 Å². The minimum Gasteiger partial charge on any atom is -0.345 e. The molecule has 0 fully saturated rings. The van der Waals surface area contributed by atoms with Gasteiger partial charge in [-0.1, -0.05) is 22.8 Å². The highest BCUT2D eigenvalue weighted by Crippen LogP contribution is 2.25. The van der Waals surface area contributed by atoms with Gasteiger partial charge in [0.25, 0.3) is 5.91 Å². The van der Waals surface area contributed by atoms with Crippen molar-refractivity contribution < 1.29 is 9.32 Å². The van der Waals surface area contributed by atoms with E-state index < -0.39 is 0 Å². The Labute approximate surface area is 117 Å². The monoisotopic (exact) mass is 329 g/mol. The molecule has 18 heavy (non-hydrogen) atoms. The number of rotatable bonds is 3. The van der Waals surface area contributed by atoms with E-state index in [1.54, 1.807) is 25.1 Å². The molecule has 2 rings (SSSR count). The first-order valence-electron chi connectivity index (χ1n) is 5.09. The van der Waals surface area contributed by atoms with Crippen LogP contribution in [0.2, 0.25) is 5.02 Å². The number of hydrogen-bond acceptors (Lipinski definition) is 4. The molecule has 1 aromatic carbocycles. The summed E-state index contributed by atoms with van der Waals surface area (Å²) < 4.78 is 5.47. The molecular formula is C11H9BrClN3O2. The summed E-state index contributed by atoms with van der Waals surface area (Å²) in [4.78, 5) is 15.9. The van der Waals surface area contributed by atoms with Crippen LogP contribution < -0.4 is 5.32 Å². The van der Waals surface area contributed by atoms with Crippen molar-refractivity contribution >= 4 is 33.4 Å². The van der Waals surface area contributed by atoms with Crippen molar-refractivity contribution in [3.05, 3.63) is 45.0 Å². The normalized spacial score (nSPS) is 10.4. The zero-order valence-corrected chi connectivity index (χ0v) is 11.7. The van der Waals surface area contributed by atoms with E-state index in [2.05, 4.69) is 31.4 Å². The molecule has 0 aliphatic rings. The Balaban J connectivity index is 2.06. The first-order valence-corrected chi connectivity index (χ1v) is 6.26. The van der Waals surface area contributed by atoms with Crippen LogP contribution in [0.3, 0.4) is 0 Å². The molecule has 0 bridgehead atoms. The fourth-order valence-electron chi connectivity index (χ4n) is 1.35. The van der Waals surface area contributed by atoms with E-state index in [-0.39, 0.29) is 12.5 Å². The molecule has 0 radical (unpaired) electrons. The largest absolute Gasteiger partial charge is 0.345 e. The van der Waals surface area contributed by atoms with E-state index in [9.17, 15) is 4.79 Å². The lowest BCUT2D eigenvalue weighted by atomic mass is 10.2. The fourth-order valence-corrected chi connectivity index (χ4v) is 1.92. The van der Waals surface area contributed by atoms with Gasteiger partial charge in [-0.15, -0.1) is 0 Å². The van der Waals surface area contributed by atoms with Crippen LogP contribution >= 0.6 is 27.5 Å². The molecule has 1 heterocycles. The van der Waals surface area contributed by atoms with E-state index in [0.29, 0.717) is 26.8 Å². The number of aromatic nitrogens is 2. The second-order valence-electron chi connectivity index (χ2n) is 3.51. The number of nitrogens with zero attached hydrogens (tertiary/aromatic N) is 2. The highest BCUT2D eigenvalue weighted by molar-refractivity contribution is 9.10. The Bertz CT molecular complexity index is 585. The topological polar surface area (TPSA) is 68.0 Å². The maximum absolute atomic E-state index is 11.9. The summed E-state index contributed by atoms with van der Waals surface area (Å²) in [5.41, 5.74) is 0.395. The Morgan fingerprint density at radius 2 is 2.33 bits per heavy atom. The third kappa shape index (κ3) is 2.88. The summed E-state index contributed by atoms with van der Waals surface area (Å²) >= 11 is 9.28. The summed E-state index contributed by atoms with van der Waals surface area (Å²) in [6, 6.07) is 5.15. The molecule has 0 unspecified atom stereocenters. The fraction of sp³-hybridized carbons (Fsp3) is 0.182. The van der Waals surface area contributed by atoms with Gasteiger partial charge < -0.3 is 9.84 Å². The smallest absolute Gasteiger partial charge is 0.253 e. The molecule has 0 atom stereocenters. The molecule has 0 aliphatic heterocycles. The van der Waals surface area contributed by atoms with Crippen molar-refractivity contribution in [2.75, 3.05) is 0 Å². The Morgan fingerprint density at radius 1 is 1.56 bits per heavy atom. The average molecular weight is 331 g/mol. The molecule has 94 valence electrons. The Morgan fingerprint density at radius 3 is 3.00 bits per heavy atom. The van der Waals surface area contributed by atoms with Crippen molar-refractivity contribution in [1.29, 1.82) is 0 Å². The van der Waals surface area contributed by atoms with Crippen LogP contribution in [-0.2, 0) is 6.54 Å². The molecule has 0 spiro atoms. The number of aryl methyl sites for hydroxylation is 1. The molecule has 0 saturated heterocycles. The van der Waals surface area contributed by atoms with Gasteiger partial charge in [-0.3, -0.25) is 4.79 Å². The highest BCUT2D eigenvalue weighted by atomic mass is 79.9. The standard InChI is InChI=1S/C11H9BrClN3O2/c1-6-15-9(16-18-6)5-14-11(17)7-3-2-4-8(12)10(7)13/h2-4H,5H2,1H3,(H,14,17). The first-order chi connectivity index (χ1) is 8.58. The summed E-state index contributed by atoms with van der Waals surface area (Å²) in [6.45, 7) is 1.88. The van der Waals surface area contributed by atoms with E-state index in [4.69, 9.17) is 16.1 Å². The summed E-state index contributed by atoms with van der Waals surface area (Å²) in [5, 5.41) is 6.72. The number of hydrogen-bond donors (Lipinski definition) is 1. The van der Waals surface area contributed by atoms with Crippen molar-refractivity contribution in [1.82, 2.24) is 15.5 Å². The zero-order chi connectivity index (χ0) is 13.1. The van der Waals surface area contributed by atoms with E-state index in [0.717, 1.165) is 0 Å². The maximum atomic E-state index is 11.9. The van der Waals surface area contributed by atoms with Gasteiger partial charge in [0.2, 0.25) is 5.89 Å². The molecule has 2 aromatic rings. The third-order valence-corrected chi connectivity index (χ3v) is 3.47. The van der Waals surface area contributed by atoms with Crippen LogP contribution in [0.1, 0.15) is 22.1 Å². The minimum atomic E-state index is -0.288. The summed E-state index contributed by atoms with van der Waals surface area (Å²) in [7, 11) is 0. The molecule has 7 heteroatoms. The molecule has 0 aliphatic carbocycles. The van der Waals surface area contributed by atoms with Gasteiger partial charge in [-0.25, -0.2) is 0 Å². The van der Waals surface area contributed by atoms with Crippen LogP contribution in [0.25, 0.3) is 0 Å². The lowest BCUT2D eigenvalue weighted by Crippen LogP contribution is -2.23. The molecular weight excluding hydrogens is 321 g/mol. The van der Waals surface area contributed by atoms with Gasteiger partial charge in [0.1, 0.15) is 0 Å². The second kappa shape index (κ2) is 5.49. The predicted octanol–water partition coefficient (Wildman–Crippen LogP) is 2.72. The Kier molecular flexibility index (Phi) is 3.98. The minimum absolute atomic E-state index is 0.193. The van der Waals surface area contributed by atoms with Gasteiger partial charge in [0.05, 0.1) is 17.1 Å². The Hall–Kier alpha value is -1.40. The molecule has 1 amide bonds. The van der Waals surface area contributed by atoms with Gasteiger partial charge in [-0.05, 0) is 28.1 Å².